The van der Waals surface area contributed by atoms with Gasteiger partial charge in [-0.15, -0.1) is 0 Å². The summed E-state index contributed by atoms with van der Waals surface area (Å²) in [6, 6.07) is 22.8. The van der Waals surface area contributed by atoms with Crippen molar-refractivity contribution in [1.29, 1.82) is 0 Å². The first kappa shape index (κ1) is 20.1. The molecule has 0 saturated heterocycles. The summed E-state index contributed by atoms with van der Waals surface area (Å²) < 4.78 is 0. The number of allylic oxidation sites excluding steroid dienone is 2. The van der Waals surface area contributed by atoms with Crippen LogP contribution in [0.1, 0.15) is 31.8 Å². The van der Waals surface area contributed by atoms with E-state index in [1.165, 1.54) is 0 Å². The number of carbonyl (C=O) groups excluding carboxylic acids is 2. The molecule has 2 amide bonds. The summed E-state index contributed by atoms with van der Waals surface area (Å²) in [6.07, 6.45) is 7.57. The van der Waals surface area contributed by atoms with Crippen molar-refractivity contribution in [2.75, 3.05) is 9.80 Å². The van der Waals surface area contributed by atoms with Gasteiger partial charge >= 0.3 is 0 Å². The standard InChI is InChI=1S/C28H20N4O2/c33-27(21-9-5-13-29-17-21)31-23-11-3-1-7-19(23)15-25(31)26-16-20-8-2-4-12-24(20)32(26)28(34)22-10-6-14-30-18-22/h1-14,17-18H,15-16H2. The predicted molar refractivity (Wildman–Crippen MR) is 129 cm³/mol. The molecule has 2 aromatic carbocycles. The highest BCUT2D eigenvalue weighted by Gasteiger charge is 2.38. The quantitative estimate of drug-likeness (QED) is 0.446. The van der Waals surface area contributed by atoms with Crippen LogP contribution in [-0.4, -0.2) is 21.8 Å². The van der Waals surface area contributed by atoms with Crippen LogP contribution in [0.3, 0.4) is 0 Å². The number of rotatable bonds is 2. The molecule has 0 fully saturated rings. The fourth-order valence-corrected chi connectivity index (χ4v) is 4.73. The van der Waals surface area contributed by atoms with E-state index in [0.29, 0.717) is 24.0 Å². The Bertz CT molecular complexity index is 1340. The fourth-order valence-electron chi connectivity index (χ4n) is 4.73. The van der Waals surface area contributed by atoms with Gasteiger partial charge in [0.05, 0.1) is 33.9 Å². The van der Waals surface area contributed by atoms with E-state index >= 15 is 0 Å². The first-order valence-electron chi connectivity index (χ1n) is 11.1. The first-order chi connectivity index (χ1) is 16.7. The van der Waals surface area contributed by atoms with Crippen LogP contribution in [0.25, 0.3) is 0 Å². The van der Waals surface area contributed by atoms with E-state index in [1.807, 2.05) is 48.5 Å². The van der Waals surface area contributed by atoms with Crippen molar-refractivity contribution in [3.63, 3.8) is 0 Å². The highest BCUT2D eigenvalue weighted by Crippen LogP contribution is 2.43. The molecule has 0 saturated carbocycles. The van der Waals surface area contributed by atoms with E-state index in [1.54, 1.807) is 58.9 Å². The Balaban J connectivity index is 1.54. The average molecular weight is 444 g/mol. The lowest BCUT2D eigenvalue weighted by Crippen LogP contribution is -2.34. The molecule has 0 unspecified atom stereocenters. The van der Waals surface area contributed by atoms with Gasteiger partial charge in [0.2, 0.25) is 0 Å². The minimum atomic E-state index is -0.162. The summed E-state index contributed by atoms with van der Waals surface area (Å²) in [5, 5.41) is 0. The lowest BCUT2D eigenvalue weighted by atomic mass is 10.1. The summed E-state index contributed by atoms with van der Waals surface area (Å²) >= 11 is 0. The number of aromatic nitrogens is 2. The van der Waals surface area contributed by atoms with Gasteiger partial charge in [0.15, 0.2) is 0 Å². The monoisotopic (exact) mass is 444 g/mol. The molecule has 0 spiro atoms. The molecule has 4 heterocycles. The third kappa shape index (κ3) is 3.19. The normalized spacial score (nSPS) is 16.4. The van der Waals surface area contributed by atoms with Crippen LogP contribution in [0, 0.1) is 0 Å². The van der Waals surface area contributed by atoms with Crippen LogP contribution in [0.15, 0.2) is 109 Å². The molecule has 2 aliphatic rings. The molecule has 0 bridgehead atoms. The number of pyridine rings is 2. The highest BCUT2D eigenvalue weighted by atomic mass is 16.2. The number of amides is 2. The molecule has 0 atom stereocenters. The second-order valence-corrected chi connectivity index (χ2v) is 8.27. The number of hydrogen-bond donors (Lipinski definition) is 0. The van der Waals surface area contributed by atoms with E-state index < -0.39 is 0 Å². The number of fused-ring (bicyclic) bond motifs is 2. The van der Waals surface area contributed by atoms with E-state index in [9.17, 15) is 9.59 Å². The Kier molecular flexibility index (Phi) is 4.77. The smallest absolute Gasteiger partial charge is 0.264 e. The van der Waals surface area contributed by atoms with Gasteiger partial charge in [-0.2, -0.15) is 0 Å². The Morgan fingerprint density at radius 3 is 1.44 bits per heavy atom. The number of para-hydroxylation sites is 2. The van der Waals surface area contributed by atoms with Gasteiger partial charge in [0.25, 0.3) is 11.8 Å². The van der Waals surface area contributed by atoms with Gasteiger partial charge in [0.1, 0.15) is 0 Å². The molecule has 34 heavy (non-hydrogen) atoms. The van der Waals surface area contributed by atoms with E-state index in [2.05, 4.69) is 9.97 Å². The molecule has 2 aliphatic heterocycles. The van der Waals surface area contributed by atoms with Gasteiger partial charge in [-0.3, -0.25) is 29.4 Å². The van der Waals surface area contributed by atoms with Crippen LogP contribution in [0.2, 0.25) is 0 Å². The van der Waals surface area contributed by atoms with Gasteiger partial charge in [0, 0.05) is 37.6 Å². The molecule has 6 heteroatoms. The van der Waals surface area contributed by atoms with Gasteiger partial charge < -0.3 is 0 Å². The van der Waals surface area contributed by atoms with Gasteiger partial charge in [-0.1, -0.05) is 36.4 Å². The molecular formula is C28H20N4O2. The molecule has 6 rings (SSSR count). The second kappa shape index (κ2) is 8.08. The Morgan fingerprint density at radius 2 is 1.03 bits per heavy atom. The largest absolute Gasteiger partial charge is 0.278 e. The van der Waals surface area contributed by atoms with Crippen molar-refractivity contribution >= 4 is 23.2 Å². The zero-order valence-corrected chi connectivity index (χ0v) is 18.3. The maximum absolute atomic E-state index is 13.7. The highest BCUT2D eigenvalue weighted by molar-refractivity contribution is 6.12. The third-order valence-corrected chi connectivity index (χ3v) is 6.28. The maximum atomic E-state index is 13.7. The summed E-state index contributed by atoms with van der Waals surface area (Å²) in [6.45, 7) is 0. The molecule has 0 radical (unpaired) electrons. The lowest BCUT2D eigenvalue weighted by molar-refractivity contribution is 0.0982. The zero-order chi connectivity index (χ0) is 23.1. The Labute approximate surface area is 196 Å². The van der Waals surface area contributed by atoms with Crippen molar-refractivity contribution in [2.45, 2.75) is 12.8 Å². The van der Waals surface area contributed by atoms with E-state index in [0.717, 1.165) is 33.9 Å². The number of benzene rings is 2. The summed E-state index contributed by atoms with van der Waals surface area (Å²) in [4.78, 5) is 39.2. The number of nitrogens with zero attached hydrogens (tertiary/aromatic N) is 4. The maximum Gasteiger partial charge on any atom is 0.264 e. The third-order valence-electron chi connectivity index (χ3n) is 6.28. The molecule has 2 aromatic heterocycles. The second-order valence-electron chi connectivity index (χ2n) is 8.27. The number of anilines is 2. The van der Waals surface area contributed by atoms with Crippen LogP contribution >= 0.6 is 0 Å². The molecule has 6 nitrogen and oxygen atoms in total. The Morgan fingerprint density at radius 1 is 0.588 bits per heavy atom. The summed E-state index contributed by atoms with van der Waals surface area (Å²) in [5.74, 6) is -0.324. The average Bonchev–Trinajstić information content (AvgIpc) is 3.47. The molecular weight excluding hydrogens is 424 g/mol. The van der Waals surface area contributed by atoms with Gasteiger partial charge in [-0.25, -0.2) is 0 Å². The molecule has 164 valence electrons. The van der Waals surface area contributed by atoms with Crippen LogP contribution in [-0.2, 0) is 12.8 Å². The predicted octanol–water partition coefficient (Wildman–Crippen LogP) is 4.79. The zero-order valence-electron chi connectivity index (χ0n) is 18.3. The van der Waals surface area contributed by atoms with Crippen molar-refractivity contribution in [3.8, 4) is 0 Å². The SMILES string of the molecule is O=C(c1cccnc1)N1C(=C2Cc3ccccc3N2C(=O)c2cccnc2)Cc2ccccc21. The van der Waals surface area contributed by atoms with E-state index in [4.69, 9.17) is 0 Å². The van der Waals surface area contributed by atoms with Crippen LogP contribution in [0.5, 0.6) is 0 Å². The van der Waals surface area contributed by atoms with Crippen molar-refractivity contribution in [2.24, 2.45) is 0 Å². The van der Waals surface area contributed by atoms with E-state index in [-0.39, 0.29) is 11.8 Å². The van der Waals surface area contributed by atoms with Crippen molar-refractivity contribution < 1.29 is 9.59 Å². The molecule has 0 N–H and O–H groups in total. The molecule has 0 aliphatic carbocycles. The Hall–Kier alpha value is -4.58. The van der Waals surface area contributed by atoms with Crippen molar-refractivity contribution in [1.82, 2.24) is 9.97 Å². The fraction of sp³-hybridized carbons (Fsp3) is 0.0714. The van der Waals surface area contributed by atoms with Crippen molar-refractivity contribution in [3.05, 3.63) is 131 Å². The van der Waals surface area contributed by atoms with Gasteiger partial charge in [-0.05, 0) is 47.5 Å². The molecule has 4 aromatic rings. The topological polar surface area (TPSA) is 66.4 Å². The summed E-state index contributed by atoms with van der Waals surface area (Å²) in [5.41, 5.74) is 6.38. The summed E-state index contributed by atoms with van der Waals surface area (Å²) in [7, 11) is 0. The van der Waals surface area contributed by atoms with Crippen LogP contribution < -0.4 is 9.80 Å². The number of carbonyl (C=O) groups is 2. The number of hydrogen-bond acceptors (Lipinski definition) is 4. The lowest BCUT2D eigenvalue weighted by Gasteiger charge is -2.26. The minimum absolute atomic E-state index is 0.162. The minimum Gasteiger partial charge on any atom is -0.278 e. The van der Waals surface area contributed by atoms with Crippen LogP contribution in [0.4, 0.5) is 11.4 Å². The first-order valence-corrected chi connectivity index (χ1v) is 11.1.